The number of benzene rings is 1. The third-order valence-electron chi connectivity index (χ3n) is 7.51. The molecule has 0 spiro atoms. The molecule has 3 aliphatic heterocycles. The molecule has 1 amide bonds. The van der Waals surface area contributed by atoms with Crippen LogP contribution in [0.5, 0.6) is 0 Å². The highest BCUT2D eigenvalue weighted by Gasteiger charge is 2.47. The summed E-state index contributed by atoms with van der Waals surface area (Å²) in [6.45, 7) is 4.71. The number of carbonyl (C=O) groups is 1. The third-order valence-corrected chi connectivity index (χ3v) is 7.51. The zero-order valence-corrected chi connectivity index (χ0v) is 18.2. The number of likely N-dealkylation sites (tertiary alicyclic amines) is 1. The number of fused-ring (bicyclic) bond motifs is 4. The maximum Gasteiger partial charge on any atom is 0.257 e. The Bertz CT molecular complexity index is 933. The van der Waals surface area contributed by atoms with Gasteiger partial charge in [-0.25, -0.2) is 14.4 Å². The molecule has 4 atom stereocenters. The molecule has 2 aromatic rings. The first kappa shape index (κ1) is 20.6. The van der Waals surface area contributed by atoms with E-state index >= 15 is 0 Å². The smallest absolute Gasteiger partial charge is 0.257 e. The second-order valence-electron chi connectivity index (χ2n) is 9.41. The van der Waals surface area contributed by atoms with Crippen LogP contribution in [0.1, 0.15) is 54.4 Å². The van der Waals surface area contributed by atoms with E-state index in [0.29, 0.717) is 29.5 Å². The molecule has 31 heavy (non-hydrogen) atoms. The van der Waals surface area contributed by atoms with E-state index in [0.717, 1.165) is 50.3 Å². The molecule has 6 heteroatoms. The number of aryl methyl sites for hydroxylation is 1. The number of amides is 1. The highest BCUT2D eigenvalue weighted by atomic mass is 19.1. The Labute approximate surface area is 183 Å². The molecule has 1 aromatic heterocycles. The zero-order chi connectivity index (χ0) is 21.4. The van der Waals surface area contributed by atoms with Crippen LogP contribution in [0.2, 0.25) is 0 Å². The zero-order valence-electron chi connectivity index (χ0n) is 18.2. The van der Waals surface area contributed by atoms with E-state index in [1.54, 1.807) is 24.5 Å². The second kappa shape index (κ2) is 8.65. The predicted octanol–water partition coefficient (Wildman–Crippen LogP) is 3.74. The normalized spacial score (nSPS) is 28.3. The number of hydrogen-bond donors (Lipinski definition) is 0. The number of hydrogen-bond acceptors (Lipinski definition) is 4. The fourth-order valence-corrected chi connectivity index (χ4v) is 6.09. The fourth-order valence-electron chi connectivity index (χ4n) is 6.09. The number of nitrogens with zero attached hydrogens (tertiary/aromatic N) is 4. The first-order valence-corrected chi connectivity index (χ1v) is 11.7. The minimum Gasteiger partial charge on any atom is -0.338 e. The molecular formula is C25H31FN4O. The molecule has 0 aliphatic carbocycles. The summed E-state index contributed by atoms with van der Waals surface area (Å²) >= 11 is 0. The summed E-state index contributed by atoms with van der Waals surface area (Å²) in [6, 6.07) is 7.91. The quantitative estimate of drug-likeness (QED) is 0.753. The molecule has 4 heterocycles. The molecule has 0 unspecified atom stereocenters. The van der Waals surface area contributed by atoms with Gasteiger partial charge in [0.15, 0.2) is 0 Å². The molecule has 0 N–H and O–H groups in total. The van der Waals surface area contributed by atoms with Gasteiger partial charge in [0.1, 0.15) is 11.6 Å². The van der Waals surface area contributed by atoms with Crippen molar-refractivity contribution < 1.29 is 9.18 Å². The van der Waals surface area contributed by atoms with Crippen LogP contribution >= 0.6 is 0 Å². The highest BCUT2D eigenvalue weighted by Crippen LogP contribution is 2.42. The first-order chi connectivity index (χ1) is 15.1. The number of rotatable bonds is 4. The molecule has 0 saturated carbocycles. The molecule has 1 aromatic carbocycles. The van der Waals surface area contributed by atoms with Crippen LogP contribution in [0.4, 0.5) is 4.39 Å². The monoisotopic (exact) mass is 422 g/mol. The average molecular weight is 423 g/mol. The summed E-state index contributed by atoms with van der Waals surface area (Å²) in [4.78, 5) is 26.7. The maximum atomic E-state index is 13.8. The number of aromatic nitrogens is 2. The SMILES string of the molecule is CCc1ncc(C(=O)N2C[C@H]3C[C@@H](C2)[C@H](Cc2cccc(F)c2)N2CCCC[C@@H]32)cn1. The molecule has 2 bridgehead atoms. The van der Waals surface area contributed by atoms with Gasteiger partial charge in [-0.15, -0.1) is 0 Å². The van der Waals surface area contributed by atoms with E-state index in [1.807, 2.05) is 17.9 Å². The minimum atomic E-state index is -0.169. The van der Waals surface area contributed by atoms with Gasteiger partial charge < -0.3 is 4.90 Å². The maximum absolute atomic E-state index is 13.8. The van der Waals surface area contributed by atoms with Crippen molar-refractivity contribution in [2.45, 2.75) is 57.5 Å². The van der Waals surface area contributed by atoms with E-state index in [1.165, 1.54) is 25.3 Å². The van der Waals surface area contributed by atoms with Crippen LogP contribution in [-0.2, 0) is 12.8 Å². The van der Waals surface area contributed by atoms with Crippen molar-refractivity contribution in [1.29, 1.82) is 0 Å². The lowest BCUT2D eigenvalue weighted by Gasteiger charge is -2.57. The number of piperidine rings is 3. The van der Waals surface area contributed by atoms with Gasteiger partial charge in [0, 0.05) is 44.0 Å². The van der Waals surface area contributed by atoms with Gasteiger partial charge in [0.05, 0.1) is 5.56 Å². The van der Waals surface area contributed by atoms with E-state index in [9.17, 15) is 9.18 Å². The van der Waals surface area contributed by atoms with Gasteiger partial charge in [-0.2, -0.15) is 0 Å². The third kappa shape index (κ3) is 4.10. The molecule has 0 radical (unpaired) electrons. The predicted molar refractivity (Wildman–Crippen MR) is 117 cm³/mol. The van der Waals surface area contributed by atoms with Crippen molar-refractivity contribution in [3.05, 3.63) is 59.4 Å². The van der Waals surface area contributed by atoms with Crippen molar-refractivity contribution in [2.75, 3.05) is 19.6 Å². The lowest BCUT2D eigenvalue weighted by Crippen LogP contribution is -2.64. The number of halogens is 1. The number of carbonyl (C=O) groups excluding carboxylic acids is 1. The minimum absolute atomic E-state index is 0.0473. The van der Waals surface area contributed by atoms with Crippen molar-refractivity contribution in [3.8, 4) is 0 Å². The van der Waals surface area contributed by atoms with Gasteiger partial charge in [-0.05, 0) is 61.8 Å². The Morgan fingerprint density at radius 3 is 2.74 bits per heavy atom. The summed E-state index contributed by atoms with van der Waals surface area (Å²) in [7, 11) is 0. The van der Waals surface area contributed by atoms with Crippen molar-refractivity contribution >= 4 is 5.91 Å². The topological polar surface area (TPSA) is 49.3 Å². The van der Waals surface area contributed by atoms with E-state index in [4.69, 9.17) is 0 Å². The van der Waals surface area contributed by atoms with Crippen LogP contribution in [0.15, 0.2) is 36.7 Å². The molecule has 164 valence electrons. The standard InChI is InChI=1S/C25H31FN4O/c1-2-24-27-13-20(14-28-24)25(31)29-15-18-12-19(16-29)23(30-9-4-3-8-22(18)30)11-17-6-5-7-21(26)10-17/h5-7,10,13-14,18-19,22-23H,2-4,8-9,11-12,15-16H2,1H3/t18-,19+,22+,23+/m1/s1. The van der Waals surface area contributed by atoms with Crippen LogP contribution in [0, 0.1) is 17.7 Å². The molecule has 3 fully saturated rings. The summed E-state index contributed by atoms with van der Waals surface area (Å²) in [5.41, 5.74) is 1.64. The molecule has 3 saturated heterocycles. The lowest BCUT2D eigenvalue weighted by molar-refractivity contribution is -0.0642. The van der Waals surface area contributed by atoms with Crippen LogP contribution in [0.25, 0.3) is 0 Å². The highest BCUT2D eigenvalue weighted by molar-refractivity contribution is 5.93. The lowest BCUT2D eigenvalue weighted by atomic mass is 9.71. The van der Waals surface area contributed by atoms with Gasteiger partial charge in [-0.1, -0.05) is 25.5 Å². The van der Waals surface area contributed by atoms with Gasteiger partial charge in [0.25, 0.3) is 5.91 Å². The Morgan fingerprint density at radius 2 is 1.97 bits per heavy atom. The summed E-state index contributed by atoms with van der Waals surface area (Å²) < 4.78 is 13.8. The van der Waals surface area contributed by atoms with E-state index in [2.05, 4.69) is 14.9 Å². The summed E-state index contributed by atoms with van der Waals surface area (Å²) in [6.07, 6.45) is 9.83. The molecule has 5 rings (SSSR count). The van der Waals surface area contributed by atoms with Crippen LogP contribution < -0.4 is 0 Å². The molecule has 3 aliphatic rings. The first-order valence-electron chi connectivity index (χ1n) is 11.7. The second-order valence-corrected chi connectivity index (χ2v) is 9.41. The fraction of sp³-hybridized carbons (Fsp3) is 0.560. The Kier molecular flexibility index (Phi) is 5.74. The van der Waals surface area contributed by atoms with E-state index < -0.39 is 0 Å². The Balaban J connectivity index is 1.39. The van der Waals surface area contributed by atoms with Crippen molar-refractivity contribution in [3.63, 3.8) is 0 Å². The van der Waals surface area contributed by atoms with Crippen molar-refractivity contribution in [2.24, 2.45) is 11.8 Å². The average Bonchev–Trinajstić information content (AvgIpc) is 2.81. The molecular weight excluding hydrogens is 391 g/mol. The Hall–Kier alpha value is -2.34. The van der Waals surface area contributed by atoms with Gasteiger partial charge >= 0.3 is 0 Å². The van der Waals surface area contributed by atoms with Gasteiger partial charge in [-0.3, -0.25) is 9.69 Å². The summed E-state index contributed by atoms with van der Waals surface area (Å²) in [5, 5.41) is 0. The van der Waals surface area contributed by atoms with Crippen LogP contribution in [-0.4, -0.2) is 57.4 Å². The largest absolute Gasteiger partial charge is 0.338 e. The Morgan fingerprint density at radius 1 is 1.16 bits per heavy atom. The van der Waals surface area contributed by atoms with Gasteiger partial charge in [0.2, 0.25) is 0 Å². The molecule has 5 nitrogen and oxygen atoms in total. The van der Waals surface area contributed by atoms with Crippen molar-refractivity contribution in [1.82, 2.24) is 19.8 Å². The van der Waals surface area contributed by atoms with Crippen LogP contribution in [0.3, 0.4) is 0 Å². The summed E-state index contributed by atoms with van der Waals surface area (Å²) in [5.74, 6) is 1.57. The van der Waals surface area contributed by atoms with E-state index in [-0.39, 0.29) is 11.7 Å².